The van der Waals surface area contributed by atoms with Crippen molar-refractivity contribution in [3.05, 3.63) is 78.0 Å². The van der Waals surface area contributed by atoms with Crippen LogP contribution < -0.4 is 10.6 Å². The zero-order chi connectivity index (χ0) is 28.2. The summed E-state index contributed by atoms with van der Waals surface area (Å²) in [4.78, 5) is 20.4. The summed E-state index contributed by atoms with van der Waals surface area (Å²) < 4.78 is 81.6. The molecule has 2 N–H and O–H groups in total. The van der Waals surface area contributed by atoms with Gasteiger partial charge in [0.2, 0.25) is 11.0 Å². The van der Waals surface area contributed by atoms with Crippen molar-refractivity contribution < 1.29 is 35.2 Å². The van der Waals surface area contributed by atoms with Crippen LogP contribution in [-0.2, 0) is 27.4 Å². The highest BCUT2D eigenvalue weighted by molar-refractivity contribution is 7.96. The number of amides is 1. The highest BCUT2D eigenvalue weighted by Crippen LogP contribution is 2.29. The molecule has 3 heterocycles. The maximum Gasteiger partial charge on any atom is 0.417 e. The number of nitrogens with one attached hydrogen (secondary N) is 2. The summed E-state index contributed by atoms with van der Waals surface area (Å²) in [6.45, 7) is 1.46. The number of rotatable bonds is 7. The van der Waals surface area contributed by atoms with Gasteiger partial charge in [-0.15, -0.1) is 0 Å². The van der Waals surface area contributed by atoms with Crippen molar-refractivity contribution in [2.75, 3.05) is 6.54 Å². The molecule has 0 unspecified atom stereocenters. The molecule has 202 valence electrons. The molecule has 0 aliphatic rings. The molecule has 0 fully saturated rings. The van der Waals surface area contributed by atoms with Crippen molar-refractivity contribution >= 4 is 26.7 Å². The van der Waals surface area contributed by atoms with Gasteiger partial charge >= 0.3 is 6.18 Å². The molecule has 1 amide bonds. The first-order chi connectivity index (χ1) is 18.4. The van der Waals surface area contributed by atoms with Gasteiger partial charge in [0.15, 0.2) is 0 Å². The molecule has 0 aliphatic carbocycles. The molecule has 3 aromatic heterocycles. The van der Waals surface area contributed by atoms with E-state index in [0.717, 1.165) is 24.4 Å². The molecule has 1 aromatic carbocycles. The van der Waals surface area contributed by atoms with Crippen molar-refractivity contribution in [3.63, 3.8) is 0 Å². The molecule has 1 atom stereocenters. The van der Waals surface area contributed by atoms with Crippen LogP contribution in [0.4, 0.5) is 17.6 Å². The first kappa shape index (κ1) is 27.7. The third kappa shape index (κ3) is 6.98. The molecule has 0 spiro atoms. The maximum atomic E-state index is 13.3. The van der Waals surface area contributed by atoms with Gasteiger partial charge in [0.1, 0.15) is 11.4 Å². The summed E-state index contributed by atoms with van der Waals surface area (Å²) in [6, 6.07) is 9.41. The van der Waals surface area contributed by atoms with Crippen molar-refractivity contribution in [1.82, 2.24) is 20.6 Å². The normalized spacial score (nSPS) is 12.5. The Kier molecular flexibility index (Phi) is 7.98. The van der Waals surface area contributed by atoms with Gasteiger partial charge in [-0.25, -0.2) is 12.8 Å². The lowest BCUT2D eigenvalue weighted by atomic mass is 10.1. The number of furan rings is 1. The standard InChI is InChI=1S/C26H20F4N4O4S/c1-16(31-8-2-10-39(36,37)24-13-18-11-20(27)4-6-23(18)38-24)25(35)34-15-21-12-17(7-9-32-21)22-5-3-19(14-33-22)26(28,29)30/h3-7,9,11-14,16,31H,8,15H2,1H3,(H,34,35)/t16-/m0/s1. The molecule has 8 nitrogen and oxygen atoms in total. The average molecular weight is 561 g/mol. The van der Waals surface area contributed by atoms with Crippen molar-refractivity contribution in [2.45, 2.75) is 30.8 Å². The predicted molar refractivity (Wildman–Crippen MR) is 133 cm³/mol. The number of halogens is 4. The first-order valence-electron chi connectivity index (χ1n) is 11.4. The van der Waals surface area contributed by atoms with Crippen LogP contribution >= 0.6 is 0 Å². The molecular weight excluding hydrogens is 540 g/mol. The number of pyridine rings is 2. The van der Waals surface area contributed by atoms with Crippen LogP contribution in [0.1, 0.15) is 18.2 Å². The fourth-order valence-electron chi connectivity index (χ4n) is 3.40. The number of sulfone groups is 1. The van der Waals surface area contributed by atoms with E-state index in [1.807, 2.05) is 0 Å². The topological polar surface area (TPSA) is 114 Å². The molecule has 39 heavy (non-hydrogen) atoms. The van der Waals surface area contributed by atoms with E-state index in [1.165, 1.54) is 24.4 Å². The van der Waals surface area contributed by atoms with Crippen LogP contribution in [0.2, 0.25) is 0 Å². The molecule has 4 aromatic rings. The van der Waals surface area contributed by atoms with Gasteiger partial charge in [-0.1, -0.05) is 5.92 Å². The Morgan fingerprint density at radius 2 is 1.90 bits per heavy atom. The molecule has 0 saturated carbocycles. The summed E-state index contributed by atoms with van der Waals surface area (Å²) in [5, 5.41) is 7.41. The van der Waals surface area contributed by atoms with E-state index in [2.05, 4.69) is 31.8 Å². The van der Waals surface area contributed by atoms with E-state index in [4.69, 9.17) is 4.42 Å². The Morgan fingerprint density at radius 3 is 2.62 bits per heavy atom. The summed E-state index contributed by atoms with van der Waals surface area (Å²) in [6.07, 6.45) is -2.29. The van der Waals surface area contributed by atoms with Gasteiger partial charge in [-0.2, -0.15) is 13.2 Å². The average Bonchev–Trinajstić information content (AvgIpc) is 3.34. The Hall–Kier alpha value is -4.28. The SMILES string of the molecule is C[C@H](NCC#CS(=O)(=O)c1cc2cc(F)ccc2o1)C(=O)NCc1cc(-c2ccc(C(F)(F)F)cn2)ccn1. The van der Waals surface area contributed by atoms with Crippen LogP contribution in [0.5, 0.6) is 0 Å². The summed E-state index contributed by atoms with van der Waals surface area (Å²) in [5.74, 6) is 1.47. The monoisotopic (exact) mass is 560 g/mol. The Balaban J connectivity index is 1.30. The largest absolute Gasteiger partial charge is 0.444 e. The predicted octanol–water partition coefficient (Wildman–Crippen LogP) is 4.08. The second-order valence-corrected chi connectivity index (χ2v) is 9.93. The summed E-state index contributed by atoms with van der Waals surface area (Å²) in [5.41, 5.74) is 0.640. The minimum atomic E-state index is -4.49. The second-order valence-electron chi connectivity index (χ2n) is 8.32. The number of carbonyl (C=O) groups excluding carboxylic acids is 1. The van der Waals surface area contributed by atoms with E-state index in [9.17, 15) is 30.8 Å². The second kappa shape index (κ2) is 11.2. The van der Waals surface area contributed by atoms with E-state index in [-0.39, 0.29) is 24.1 Å². The number of hydrogen-bond acceptors (Lipinski definition) is 7. The minimum absolute atomic E-state index is 0.0338. The van der Waals surface area contributed by atoms with Crippen LogP contribution in [0.25, 0.3) is 22.2 Å². The van der Waals surface area contributed by atoms with Gasteiger partial charge in [0, 0.05) is 34.7 Å². The van der Waals surface area contributed by atoms with E-state index in [0.29, 0.717) is 17.0 Å². The molecule has 0 aliphatic heterocycles. The summed E-state index contributed by atoms with van der Waals surface area (Å²) in [7, 11) is -4.10. The third-order valence-electron chi connectivity index (χ3n) is 5.46. The van der Waals surface area contributed by atoms with Crippen LogP contribution in [0.3, 0.4) is 0 Å². The lowest BCUT2D eigenvalue weighted by molar-refractivity contribution is -0.137. The number of aromatic nitrogens is 2. The molecule has 13 heteroatoms. The molecule has 0 bridgehead atoms. The zero-order valence-corrected chi connectivity index (χ0v) is 21.0. The minimum Gasteiger partial charge on any atom is -0.444 e. The van der Waals surface area contributed by atoms with Crippen molar-refractivity contribution in [3.8, 4) is 22.4 Å². The van der Waals surface area contributed by atoms with E-state index >= 15 is 0 Å². The highest BCUT2D eigenvalue weighted by Gasteiger charge is 2.30. The number of nitrogens with zero attached hydrogens (tertiary/aromatic N) is 2. The van der Waals surface area contributed by atoms with Crippen LogP contribution in [0.15, 0.2) is 70.4 Å². The van der Waals surface area contributed by atoms with Gasteiger partial charge in [0.05, 0.1) is 36.1 Å². The summed E-state index contributed by atoms with van der Waals surface area (Å²) >= 11 is 0. The smallest absolute Gasteiger partial charge is 0.417 e. The molecule has 4 rings (SSSR count). The Labute approximate surface area is 220 Å². The Morgan fingerprint density at radius 1 is 1.10 bits per heavy atom. The number of alkyl halides is 3. The fourth-order valence-corrected chi connectivity index (χ4v) is 4.24. The Bertz CT molecular complexity index is 1670. The molecule has 0 saturated heterocycles. The van der Waals surface area contributed by atoms with E-state index < -0.39 is 44.4 Å². The quantitative estimate of drug-likeness (QED) is 0.199. The number of fused-ring (bicyclic) bond motifs is 1. The number of carbonyl (C=O) groups is 1. The maximum absolute atomic E-state index is 13.3. The van der Waals surface area contributed by atoms with Gasteiger partial charge in [0.25, 0.3) is 9.84 Å². The molecular formula is C26H20F4N4O4S. The number of benzene rings is 1. The van der Waals surface area contributed by atoms with Crippen molar-refractivity contribution in [1.29, 1.82) is 0 Å². The van der Waals surface area contributed by atoms with Crippen LogP contribution in [0, 0.1) is 17.0 Å². The first-order valence-corrected chi connectivity index (χ1v) is 12.8. The van der Waals surface area contributed by atoms with E-state index in [1.54, 1.807) is 19.1 Å². The number of hydrogen-bond donors (Lipinski definition) is 2. The lowest BCUT2D eigenvalue weighted by Crippen LogP contribution is -2.42. The highest BCUT2D eigenvalue weighted by atomic mass is 32.2. The van der Waals surface area contributed by atoms with Gasteiger partial charge in [-0.3, -0.25) is 20.1 Å². The third-order valence-corrected chi connectivity index (χ3v) is 6.61. The lowest BCUT2D eigenvalue weighted by Gasteiger charge is -2.12. The van der Waals surface area contributed by atoms with Gasteiger partial charge in [-0.05, 0) is 49.4 Å². The van der Waals surface area contributed by atoms with Gasteiger partial charge < -0.3 is 9.73 Å². The fraction of sp³-hybridized carbons (Fsp3) is 0.192. The van der Waals surface area contributed by atoms with Crippen LogP contribution in [-0.4, -0.2) is 36.9 Å². The zero-order valence-electron chi connectivity index (χ0n) is 20.2. The van der Waals surface area contributed by atoms with Crippen molar-refractivity contribution in [2.24, 2.45) is 0 Å². The molecule has 0 radical (unpaired) electrons.